The highest BCUT2D eigenvalue weighted by atomic mass is 35.5. The van der Waals surface area contributed by atoms with Gasteiger partial charge in [0, 0.05) is 22.9 Å². The van der Waals surface area contributed by atoms with Gasteiger partial charge in [0.2, 0.25) is 0 Å². The van der Waals surface area contributed by atoms with Gasteiger partial charge in [0.1, 0.15) is 24.2 Å². The molecule has 4 nitrogen and oxygen atoms in total. The van der Waals surface area contributed by atoms with Crippen molar-refractivity contribution in [3.05, 3.63) is 58.6 Å². The van der Waals surface area contributed by atoms with Crippen molar-refractivity contribution in [3.8, 4) is 11.5 Å². The van der Waals surface area contributed by atoms with Crippen LogP contribution in [0.25, 0.3) is 0 Å². The van der Waals surface area contributed by atoms with Crippen LogP contribution in [0.15, 0.2) is 41.4 Å². The number of rotatable bonds is 6. The van der Waals surface area contributed by atoms with E-state index < -0.39 is 17.7 Å². The second-order valence-electron chi connectivity index (χ2n) is 4.74. The molecule has 0 aromatic heterocycles. The van der Waals surface area contributed by atoms with E-state index in [0.717, 1.165) is 12.1 Å². The Morgan fingerprint density at radius 1 is 1.17 bits per heavy atom. The van der Waals surface area contributed by atoms with Gasteiger partial charge in [-0.2, -0.15) is 0 Å². The molecule has 0 aliphatic carbocycles. The largest absolute Gasteiger partial charge is 0.507 e. The fourth-order valence-corrected chi connectivity index (χ4v) is 1.89. The third kappa shape index (κ3) is 5.19. The first kappa shape index (κ1) is 17.2. The van der Waals surface area contributed by atoms with Crippen molar-refractivity contribution in [2.24, 2.45) is 4.99 Å². The predicted octanol–water partition coefficient (Wildman–Crippen LogP) is 3.18. The summed E-state index contributed by atoms with van der Waals surface area (Å²) in [4.78, 5) is 3.98. The number of benzene rings is 2. The number of aliphatic hydroxyl groups is 1. The van der Waals surface area contributed by atoms with Crippen molar-refractivity contribution in [2.75, 3.05) is 13.2 Å². The lowest BCUT2D eigenvalue weighted by Crippen LogP contribution is -2.20. The monoisotopic (exact) mass is 341 g/mol. The van der Waals surface area contributed by atoms with E-state index >= 15 is 0 Å². The number of ether oxygens (including phenoxy) is 1. The van der Waals surface area contributed by atoms with Crippen molar-refractivity contribution in [1.29, 1.82) is 0 Å². The average Bonchev–Trinajstić information content (AvgIpc) is 2.52. The summed E-state index contributed by atoms with van der Waals surface area (Å²) in [6.07, 6.45) is 0.433. The third-order valence-electron chi connectivity index (χ3n) is 2.87. The molecule has 0 bridgehead atoms. The summed E-state index contributed by atoms with van der Waals surface area (Å²) in [5.74, 6) is -1.86. The predicted molar refractivity (Wildman–Crippen MR) is 83.4 cm³/mol. The summed E-state index contributed by atoms with van der Waals surface area (Å²) in [7, 11) is 0. The van der Waals surface area contributed by atoms with Crippen LogP contribution in [0.4, 0.5) is 8.78 Å². The van der Waals surface area contributed by atoms with Gasteiger partial charge in [-0.05, 0) is 30.3 Å². The summed E-state index contributed by atoms with van der Waals surface area (Å²) < 4.78 is 30.9. The van der Waals surface area contributed by atoms with E-state index in [9.17, 15) is 19.0 Å². The van der Waals surface area contributed by atoms with Crippen LogP contribution in [-0.2, 0) is 0 Å². The summed E-state index contributed by atoms with van der Waals surface area (Å²) in [5, 5.41) is 19.8. The molecule has 0 fully saturated rings. The van der Waals surface area contributed by atoms with E-state index in [-0.39, 0.29) is 24.7 Å². The molecule has 23 heavy (non-hydrogen) atoms. The van der Waals surface area contributed by atoms with E-state index in [4.69, 9.17) is 16.3 Å². The molecular weight excluding hydrogens is 328 g/mol. The molecule has 2 aromatic carbocycles. The molecule has 0 radical (unpaired) electrons. The van der Waals surface area contributed by atoms with E-state index in [2.05, 4.69) is 4.99 Å². The maximum absolute atomic E-state index is 13.0. The van der Waals surface area contributed by atoms with Gasteiger partial charge in [-0.3, -0.25) is 4.99 Å². The van der Waals surface area contributed by atoms with Gasteiger partial charge in [0.25, 0.3) is 0 Å². The Bertz CT molecular complexity index is 710. The van der Waals surface area contributed by atoms with Crippen LogP contribution >= 0.6 is 11.6 Å². The zero-order valence-electron chi connectivity index (χ0n) is 11.9. The first-order valence-electron chi connectivity index (χ1n) is 6.70. The molecule has 0 spiro atoms. The molecule has 2 N–H and O–H groups in total. The number of aliphatic hydroxyl groups excluding tert-OH is 1. The second kappa shape index (κ2) is 7.89. The maximum atomic E-state index is 13.0. The third-order valence-corrected chi connectivity index (χ3v) is 3.10. The minimum absolute atomic E-state index is 0.00955. The number of hydrogen-bond donors (Lipinski definition) is 2. The van der Waals surface area contributed by atoms with Gasteiger partial charge in [0.15, 0.2) is 11.6 Å². The highest BCUT2D eigenvalue weighted by Gasteiger charge is 2.07. The normalized spacial score (nSPS) is 12.5. The van der Waals surface area contributed by atoms with Crippen LogP contribution < -0.4 is 4.74 Å². The Labute approximate surface area is 136 Å². The van der Waals surface area contributed by atoms with E-state index in [0.29, 0.717) is 10.6 Å². The van der Waals surface area contributed by atoms with E-state index in [1.54, 1.807) is 6.07 Å². The fourth-order valence-electron chi connectivity index (χ4n) is 1.71. The zero-order chi connectivity index (χ0) is 16.8. The highest BCUT2D eigenvalue weighted by molar-refractivity contribution is 6.30. The Hall–Kier alpha value is -2.18. The summed E-state index contributed by atoms with van der Waals surface area (Å²) >= 11 is 5.80. The van der Waals surface area contributed by atoms with Crippen LogP contribution in [0.1, 0.15) is 5.56 Å². The van der Waals surface area contributed by atoms with Crippen LogP contribution in [0, 0.1) is 11.6 Å². The zero-order valence-corrected chi connectivity index (χ0v) is 12.7. The first-order chi connectivity index (χ1) is 11.0. The topological polar surface area (TPSA) is 62.1 Å². The van der Waals surface area contributed by atoms with Crippen molar-refractivity contribution in [2.45, 2.75) is 6.10 Å². The molecule has 0 aliphatic rings. The lowest BCUT2D eigenvalue weighted by atomic mass is 10.2. The summed E-state index contributed by atoms with van der Waals surface area (Å²) in [6.45, 7) is -0.125. The number of aliphatic imine (C=N–C) groups is 1. The highest BCUT2D eigenvalue weighted by Crippen LogP contribution is 2.19. The van der Waals surface area contributed by atoms with Crippen LogP contribution in [-0.4, -0.2) is 35.7 Å². The minimum Gasteiger partial charge on any atom is -0.507 e. The SMILES string of the molecule is Oc1ccc(Cl)cc1C=NCC(O)COc1ccc(F)c(F)c1. The molecule has 7 heteroatoms. The Morgan fingerprint density at radius 3 is 2.70 bits per heavy atom. The lowest BCUT2D eigenvalue weighted by Gasteiger charge is -2.10. The van der Waals surface area contributed by atoms with Gasteiger partial charge in [0.05, 0.1) is 6.54 Å². The Morgan fingerprint density at radius 2 is 1.96 bits per heavy atom. The number of aromatic hydroxyl groups is 1. The number of hydrogen-bond acceptors (Lipinski definition) is 4. The number of halogens is 3. The maximum Gasteiger partial charge on any atom is 0.162 e. The van der Waals surface area contributed by atoms with E-state index in [1.165, 1.54) is 24.4 Å². The molecule has 0 heterocycles. The van der Waals surface area contributed by atoms with Gasteiger partial charge >= 0.3 is 0 Å². The number of phenolic OH excluding ortho intramolecular Hbond substituents is 1. The van der Waals surface area contributed by atoms with Crippen molar-refractivity contribution >= 4 is 17.8 Å². The van der Waals surface area contributed by atoms with Crippen molar-refractivity contribution in [1.82, 2.24) is 0 Å². The molecule has 2 rings (SSSR count). The van der Waals surface area contributed by atoms with Crippen LogP contribution in [0.2, 0.25) is 5.02 Å². The van der Waals surface area contributed by atoms with Gasteiger partial charge in [-0.25, -0.2) is 8.78 Å². The van der Waals surface area contributed by atoms with Gasteiger partial charge in [-0.15, -0.1) is 0 Å². The number of nitrogens with zero attached hydrogens (tertiary/aromatic N) is 1. The second-order valence-corrected chi connectivity index (χ2v) is 5.17. The molecule has 0 saturated carbocycles. The van der Waals surface area contributed by atoms with Crippen molar-refractivity contribution in [3.63, 3.8) is 0 Å². The smallest absolute Gasteiger partial charge is 0.162 e. The van der Waals surface area contributed by atoms with E-state index in [1.807, 2.05) is 0 Å². The molecule has 1 unspecified atom stereocenters. The molecule has 122 valence electrons. The molecular formula is C16H14ClF2NO3. The Balaban J connectivity index is 1.85. The first-order valence-corrected chi connectivity index (χ1v) is 7.08. The fraction of sp³-hybridized carbons (Fsp3) is 0.188. The molecule has 2 aromatic rings. The van der Waals surface area contributed by atoms with Crippen LogP contribution in [0.5, 0.6) is 11.5 Å². The standard InChI is InChI=1S/C16H14ClF2NO3/c17-11-1-4-16(22)10(5-11)7-20-8-12(21)9-23-13-2-3-14(18)15(19)6-13/h1-7,12,21-22H,8-9H2. The minimum atomic E-state index is -1.02. The summed E-state index contributed by atoms with van der Waals surface area (Å²) in [6, 6.07) is 7.61. The quantitative estimate of drug-likeness (QED) is 0.793. The lowest BCUT2D eigenvalue weighted by molar-refractivity contribution is 0.114. The number of phenols is 1. The molecule has 1 atom stereocenters. The summed E-state index contributed by atoms with van der Waals surface area (Å²) in [5.41, 5.74) is 0.422. The van der Waals surface area contributed by atoms with Crippen LogP contribution in [0.3, 0.4) is 0 Å². The Kier molecular flexibility index (Phi) is 5.90. The average molecular weight is 342 g/mol. The van der Waals surface area contributed by atoms with Gasteiger partial charge in [-0.1, -0.05) is 11.6 Å². The van der Waals surface area contributed by atoms with Crippen molar-refractivity contribution < 1.29 is 23.7 Å². The molecule has 0 aliphatic heterocycles. The van der Waals surface area contributed by atoms with Gasteiger partial charge < -0.3 is 14.9 Å². The molecule has 0 amide bonds. The molecule has 0 saturated heterocycles.